The van der Waals surface area contributed by atoms with Crippen LogP contribution >= 0.6 is 11.3 Å². The predicted molar refractivity (Wildman–Crippen MR) is 157 cm³/mol. The molecule has 1 aromatic heterocycles. The van der Waals surface area contributed by atoms with Gasteiger partial charge in [-0.15, -0.1) is 16.4 Å². The number of hydrogen-bond acceptors (Lipinski definition) is 6. The summed E-state index contributed by atoms with van der Waals surface area (Å²) in [5.41, 5.74) is 5.09. The number of carboxylic acid groups (broad SMARTS) is 1. The molecule has 0 saturated heterocycles. The van der Waals surface area contributed by atoms with Crippen LogP contribution in [0.2, 0.25) is 0 Å². The van der Waals surface area contributed by atoms with E-state index in [0.717, 1.165) is 30.6 Å². The molecule has 1 saturated carbocycles. The van der Waals surface area contributed by atoms with E-state index in [1.54, 1.807) is 11.0 Å². The lowest BCUT2D eigenvalue weighted by atomic mass is 9.79. The van der Waals surface area contributed by atoms with Crippen LogP contribution in [0, 0.1) is 29.1 Å². The number of hydrazone groups is 1. The molecule has 4 rings (SSSR count). The van der Waals surface area contributed by atoms with E-state index in [4.69, 9.17) is 4.74 Å². The van der Waals surface area contributed by atoms with E-state index in [0.29, 0.717) is 41.4 Å². The molecule has 2 aliphatic carbocycles. The van der Waals surface area contributed by atoms with Crippen molar-refractivity contribution in [2.45, 2.75) is 85.3 Å². The Labute approximate surface area is 235 Å². The van der Waals surface area contributed by atoms with Crippen LogP contribution in [0.1, 0.15) is 87.7 Å². The van der Waals surface area contributed by atoms with Gasteiger partial charge in [0, 0.05) is 29.1 Å². The Hall–Kier alpha value is -3.31. The number of ether oxygens (including phenoxy) is 1. The minimum Gasteiger partial charge on any atom is -0.477 e. The number of hydrogen-bond donors (Lipinski definition) is 2. The number of carbonyl (C=O) groups excluding carboxylic acids is 1. The first kappa shape index (κ1) is 28.7. The number of carbonyl (C=O) groups is 2. The Morgan fingerprint density at radius 2 is 1.95 bits per heavy atom. The summed E-state index contributed by atoms with van der Waals surface area (Å²) in [6.45, 7) is 14.1. The maximum absolute atomic E-state index is 14.2. The number of carboxylic acids is 1. The van der Waals surface area contributed by atoms with Crippen LogP contribution in [-0.4, -0.2) is 35.0 Å². The first-order valence-corrected chi connectivity index (χ1v) is 14.5. The van der Waals surface area contributed by atoms with Crippen molar-refractivity contribution >= 4 is 34.8 Å². The fourth-order valence-corrected chi connectivity index (χ4v) is 6.21. The lowest BCUT2D eigenvalue weighted by Crippen LogP contribution is -2.48. The summed E-state index contributed by atoms with van der Waals surface area (Å²) < 4.78 is 6.09. The van der Waals surface area contributed by atoms with Crippen molar-refractivity contribution in [2.75, 3.05) is 4.90 Å². The van der Waals surface area contributed by atoms with Crippen LogP contribution in [0.15, 0.2) is 47.2 Å². The van der Waals surface area contributed by atoms with E-state index in [9.17, 15) is 14.7 Å². The first-order valence-electron chi connectivity index (χ1n) is 13.7. The molecule has 8 heteroatoms. The molecule has 208 valence electrons. The molecule has 0 spiro atoms. The molecule has 0 aromatic carbocycles. The number of thiophene rings is 1. The fraction of sp³-hybridized carbons (Fsp3) is 0.516. The van der Waals surface area contributed by atoms with Crippen molar-refractivity contribution in [1.29, 1.82) is 0 Å². The largest absolute Gasteiger partial charge is 0.477 e. The van der Waals surface area contributed by atoms with Crippen LogP contribution in [0.25, 0.3) is 0 Å². The summed E-state index contributed by atoms with van der Waals surface area (Å²) in [4.78, 5) is 29.3. The number of nitrogens with one attached hydrogen (secondary N) is 1. The average molecular weight is 550 g/mol. The molecule has 0 radical (unpaired) electrons. The zero-order chi connectivity index (χ0) is 28.3. The van der Waals surface area contributed by atoms with Crippen molar-refractivity contribution in [3.63, 3.8) is 0 Å². The van der Waals surface area contributed by atoms with E-state index in [1.807, 2.05) is 32.9 Å². The zero-order valence-corrected chi connectivity index (χ0v) is 24.4. The summed E-state index contributed by atoms with van der Waals surface area (Å²) in [5, 5.41) is 14.3. The fourth-order valence-electron chi connectivity index (χ4n) is 5.37. The highest BCUT2D eigenvalue weighted by molar-refractivity contribution is 7.15. The second kappa shape index (κ2) is 11.8. The third kappa shape index (κ3) is 7.21. The third-order valence-electron chi connectivity index (χ3n) is 7.37. The van der Waals surface area contributed by atoms with E-state index in [-0.39, 0.29) is 40.2 Å². The van der Waals surface area contributed by atoms with Crippen molar-refractivity contribution < 1.29 is 19.4 Å². The Morgan fingerprint density at radius 3 is 2.54 bits per heavy atom. The molecule has 1 aromatic rings. The van der Waals surface area contributed by atoms with Gasteiger partial charge in [0.25, 0.3) is 0 Å². The number of nitrogens with zero attached hydrogens (tertiary/aromatic N) is 2. The molecule has 0 unspecified atom stereocenters. The van der Waals surface area contributed by atoms with Crippen molar-refractivity contribution in [2.24, 2.45) is 22.4 Å². The summed E-state index contributed by atoms with van der Waals surface area (Å²) in [6.07, 6.45) is 10.2. The minimum atomic E-state index is -1.03. The van der Waals surface area contributed by atoms with Gasteiger partial charge >= 0.3 is 5.97 Å². The number of rotatable bonds is 5. The summed E-state index contributed by atoms with van der Waals surface area (Å²) in [7, 11) is 0. The maximum Gasteiger partial charge on any atom is 0.348 e. The van der Waals surface area contributed by atoms with Gasteiger partial charge in [0.1, 0.15) is 11.0 Å². The Kier molecular flexibility index (Phi) is 8.70. The van der Waals surface area contributed by atoms with Crippen molar-refractivity contribution in [3.8, 4) is 11.8 Å². The average Bonchev–Trinajstić information content (AvgIpc) is 3.29. The van der Waals surface area contributed by atoms with Gasteiger partial charge in [0.2, 0.25) is 11.8 Å². The van der Waals surface area contributed by atoms with E-state index < -0.39 is 5.97 Å². The molecule has 7 nitrogen and oxygen atoms in total. The molecule has 0 bridgehead atoms. The summed E-state index contributed by atoms with van der Waals surface area (Å²) in [5.74, 6) is 5.85. The van der Waals surface area contributed by atoms with Gasteiger partial charge < -0.3 is 14.7 Å². The predicted octanol–water partition coefficient (Wildman–Crippen LogP) is 6.48. The molecule has 2 atom stereocenters. The Balaban J connectivity index is 1.62. The number of aromatic carboxylic acids is 1. The minimum absolute atomic E-state index is 0.00792. The first-order chi connectivity index (χ1) is 18.4. The van der Waals surface area contributed by atoms with Gasteiger partial charge in [-0.05, 0) is 84.3 Å². The van der Waals surface area contributed by atoms with Crippen LogP contribution in [-0.2, 0) is 9.53 Å². The molecular weight excluding hydrogens is 510 g/mol. The second-order valence-electron chi connectivity index (χ2n) is 11.9. The summed E-state index contributed by atoms with van der Waals surface area (Å²) in [6, 6.07) is 1.69. The van der Waals surface area contributed by atoms with Gasteiger partial charge in [0.15, 0.2) is 0 Å². The number of allylic oxidation sites excluding steroid dienone is 3. The third-order valence-corrected chi connectivity index (χ3v) is 8.39. The summed E-state index contributed by atoms with van der Waals surface area (Å²) >= 11 is 1.15. The normalized spacial score (nSPS) is 25.0. The van der Waals surface area contributed by atoms with Gasteiger partial charge in [-0.1, -0.05) is 37.0 Å². The van der Waals surface area contributed by atoms with Crippen LogP contribution in [0.4, 0.5) is 5.69 Å². The van der Waals surface area contributed by atoms with Gasteiger partial charge in [-0.25, -0.2) is 4.79 Å². The van der Waals surface area contributed by atoms with Crippen molar-refractivity contribution in [3.05, 3.63) is 51.9 Å². The Morgan fingerprint density at radius 1 is 1.23 bits per heavy atom. The van der Waals surface area contributed by atoms with Gasteiger partial charge in [-0.2, -0.15) is 0 Å². The number of amides is 1. The van der Waals surface area contributed by atoms with Crippen LogP contribution < -0.4 is 10.3 Å². The molecular formula is C31H39N3O4S. The topological polar surface area (TPSA) is 91.2 Å². The highest BCUT2D eigenvalue weighted by Crippen LogP contribution is 2.39. The van der Waals surface area contributed by atoms with Crippen LogP contribution in [0.3, 0.4) is 0 Å². The molecule has 1 fully saturated rings. The number of anilines is 1. The quantitative estimate of drug-likeness (QED) is 0.324. The molecule has 2 heterocycles. The van der Waals surface area contributed by atoms with Gasteiger partial charge in [-0.3, -0.25) is 10.2 Å². The molecule has 1 aliphatic heterocycles. The van der Waals surface area contributed by atoms with Crippen molar-refractivity contribution in [1.82, 2.24) is 5.43 Å². The molecule has 2 N–H and O–H groups in total. The van der Waals surface area contributed by atoms with Gasteiger partial charge in [0.05, 0.1) is 10.6 Å². The van der Waals surface area contributed by atoms with E-state index >= 15 is 0 Å². The molecule has 1 amide bonds. The van der Waals surface area contributed by atoms with Crippen LogP contribution in [0.5, 0.6) is 0 Å². The lowest BCUT2D eigenvalue weighted by Gasteiger charge is -2.40. The van der Waals surface area contributed by atoms with E-state index in [2.05, 4.69) is 48.9 Å². The smallest absolute Gasteiger partial charge is 0.348 e. The lowest BCUT2D eigenvalue weighted by molar-refractivity contribution is -0.124. The standard InChI is InChI=1S/C31H39N3O4S/c1-19-7-13-25(20(2)17-19)29(35)34(26-18-24(15-16-31(4,5)6)39-28(26)30(36)37)22-9-11-23(12-10-22)38-27-14-8-21(3)32-33-27/h7-8,14,18,20,22-23,25,32H,3,9-13,17H2,1-2,4-6H3,(H,36,37)/t20-,22?,23?,25-/m0/s1. The second-order valence-corrected chi connectivity index (χ2v) is 12.9. The van der Waals surface area contributed by atoms with E-state index in [1.165, 1.54) is 5.57 Å². The highest BCUT2D eigenvalue weighted by atomic mass is 32.1. The molecule has 39 heavy (non-hydrogen) atoms. The molecule has 3 aliphatic rings. The Bertz CT molecular complexity index is 1280. The SMILES string of the molecule is C=C1C=CC(OC2CCC(N(C(=O)[C@H]3CC=C(C)C[C@@H]3C)c3cc(C#CC(C)(C)C)sc3C(=O)O)CC2)=NN1. The maximum atomic E-state index is 14.2. The zero-order valence-electron chi connectivity index (χ0n) is 23.5. The highest BCUT2D eigenvalue weighted by Gasteiger charge is 2.39. The monoisotopic (exact) mass is 549 g/mol.